The number of hydrogen-bond acceptors (Lipinski definition) is 5. The average Bonchev–Trinajstić information content (AvgIpc) is 2.86. The van der Waals surface area contributed by atoms with E-state index in [2.05, 4.69) is 13.0 Å². The van der Waals surface area contributed by atoms with Crippen LogP contribution in [-0.4, -0.2) is 50.1 Å². The Balaban J connectivity index is 1.82. The number of carbonyl (C=O) groups is 1. The van der Waals surface area contributed by atoms with E-state index in [0.29, 0.717) is 32.1 Å². The van der Waals surface area contributed by atoms with Crippen LogP contribution in [0.15, 0.2) is 11.6 Å². The molecule has 9 atom stereocenters. The lowest BCUT2D eigenvalue weighted by Gasteiger charge is -2.64. The largest absolute Gasteiger partial charge is 0.393 e. The van der Waals surface area contributed by atoms with Crippen LogP contribution in [0.25, 0.3) is 0 Å². The topological polar surface area (TPSA) is 98.0 Å². The van der Waals surface area contributed by atoms with E-state index in [4.69, 9.17) is 0 Å². The van der Waals surface area contributed by atoms with Gasteiger partial charge in [-0.1, -0.05) is 25.5 Å². The summed E-state index contributed by atoms with van der Waals surface area (Å²) < 4.78 is 0. The fourth-order valence-corrected chi connectivity index (χ4v) is 7.34. The molecule has 4 rings (SSSR count). The van der Waals surface area contributed by atoms with Crippen LogP contribution in [0.4, 0.5) is 0 Å². The molecule has 9 unspecified atom stereocenters. The van der Waals surface area contributed by atoms with Crippen molar-refractivity contribution in [1.82, 2.24) is 0 Å². The van der Waals surface area contributed by atoms with E-state index in [-0.39, 0.29) is 29.1 Å². The first-order chi connectivity index (χ1) is 12.1. The molecule has 0 bridgehead atoms. The quantitative estimate of drug-likeness (QED) is 0.530. The number of aliphatic hydroxyl groups is 4. The number of carbonyl (C=O) groups excluding carboxylic acids is 1. The molecule has 4 aliphatic rings. The van der Waals surface area contributed by atoms with Crippen LogP contribution in [0, 0.1) is 28.6 Å². The van der Waals surface area contributed by atoms with E-state index in [1.165, 1.54) is 6.92 Å². The molecule has 0 amide bonds. The fraction of sp³-hybridized carbons (Fsp3) is 0.857. The van der Waals surface area contributed by atoms with E-state index in [1.54, 1.807) is 6.92 Å². The van der Waals surface area contributed by atoms with Crippen LogP contribution < -0.4 is 0 Å². The van der Waals surface area contributed by atoms with Crippen LogP contribution in [0.3, 0.4) is 0 Å². The smallest absolute Gasteiger partial charge is 0.133 e. The minimum atomic E-state index is -1.16. The van der Waals surface area contributed by atoms with Gasteiger partial charge in [0.15, 0.2) is 0 Å². The Hall–Kier alpha value is -0.750. The number of Topliss-reactive ketones (excluding diaryl/α,β-unsaturated/α-hetero) is 1. The standard InChI is InChI=1S/C21H32O5/c1-11(22)14-7-9-21(26)15-5-4-12-10-13(23)6-8-19(12,2)16(15)17(24)18(25)20(14,21)3/h4,13-18,23-26H,5-10H2,1-3H3. The molecule has 0 aliphatic heterocycles. The van der Waals surface area contributed by atoms with E-state index in [9.17, 15) is 25.2 Å². The van der Waals surface area contributed by atoms with Crippen LogP contribution in [0.5, 0.6) is 0 Å². The van der Waals surface area contributed by atoms with E-state index in [0.717, 1.165) is 12.0 Å². The van der Waals surface area contributed by atoms with Crippen molar-refractivity contribution in [1.29, 1.82) is 0 Å². The summed E-state index contributed by atoms with van der Waals surface area (Å²) in [5, 5.41) is 44.3. The summed E-state index contributed by atoms with van der Waals surface area (Å²) in [7, 11) is 0. The number of rotatable bonds is 1. The molecule has 0 heterocycles. The highest BCUT2D eigenvalue weighted by atomic mass is 16.3. The number of allylic oxidation sites excluding steroid dienone is 1. The van der Waals surface area contributed by atoms with Gasteiger partial charge in [-0.2, -0.15) is 0 Å². The lowest BCUT2D eigenvalue weighted by Crippen LogP contribution is -2.71. The molecule has 3 fully saturated rings. The summed E-state index contributed by atoms with van der Waals surface area (Å²) in [6.07, 6.45) is 3.38. The van der Waals surface area contributed by atoms with Gasteiger partial charge < -0.3 is 20.4 Å². The Morgan fingerprint density at radius 1 is 1.15 bits per heavy atom. The summed E-state index contributed by atoms with van der Waals surface area (Å²) >= 11 is 0. The first kappa shape index (κ1) is 18.6. The molecule has 3 saturated carbocycles. The fourth-order valence-electron chi connectivity index (χ4n) is 7.34. The molecule has 26 heavy (non-hydrogen) atoms. The van der Waals surface area contributed by atoms with Gasteiger partial charge in [-0.25, -0.2) is 0 Å². The third kappa shape index (κ3) is 2.03. The maximum absolute atomic E-state index is 12.2. The molecule has 4 N–H and O–H groups in total. The maximum Gasteiger partial charge on any atom is 0.133 e. The van der Waals surface area contributed by atoms with E-state index in [1.807, 2.05) is 0 Å². The van der Waals surface area contributed by atoms with Crippen molar-refractivity contribution < 1.29 is 25.2 Å². The highest BCUT2D eigenvalue weighted by molar-refractivity contribution is 5.80. The second-order valence-electron chi connectivity index (χ2n) is 9.76. The summed E-state index contributed by atoms with van der Waals surface area (Å²) in [5.74, 6) is -0.885. The Labute approximate surface area is 155 Å². The Bertz CT molecular complexity index is 659. The molecule has 146 valence electrons. The zero-order valence-corrected chi connectivity index (χ0v) is 16.0. The van der Waals surface area contributed by atoms with Crippen molar-refractivity contribution in [2.75, 3.05) is 0 Å². The average molecular weight is 364 g/mol. The molecule has 0 aromatic carbocycles. The first-order valence-corrected chi connectivity index (χ1v) is 10.0. The van der Waals surface area contributed by atoms with Crippen molar-refractivity contribution in [2.24, 2.45) is 28.6 Å². The molecule has 0 saturated heterocycles. The summed E-state index contributed by atoms with van der Waals surface area (Å²) in [5.41, 5.74) is -1.35. The summed E-state index contributed by atoms with van der Waals surface area (Å²) in [6, 6.07) is 0. The monoisotopic (exact) mass is 364 g/mol. The normalized spacial score (nSPS) is 56.2. The lowest BCUT2D eigenvalue weighted by molar-refractivity contribution is -0.263. The van der Waals surface area contributed by atoms with Crippen molar-refractivity contribution in [2.45, 2.75) is 83.2 Å². The molecule has 0 radical (unpaired) electrons. The van der Waals surface area contributed by atoms with E-state index < -0.39 is 29.1 Å². The van der Waals surface area contributed by atoms with Gasteiger partial charge in [-0.05, 0) is 56.8 Å². The zero-order chi connectivity index (χ0) is 19.1. The van der Waals surface area contributed by atoms with Crippen molar-refractivity contribution in [3.63, 3.8) is 0 Å². The molecule has 0 spiro atoms. The molecular formula is C21H32O5. The molecule has 0 aromatic rings. The van der Waals surface area contributed by atoms with Crippen LogP contribution in [0.1, 0.15) is 59.3 Å². The maximum atomic E-state index is 12.2. The Morgan fingerprint density at radius 3 is 2.50 bits per heavy atom. The summed E-state index contributed by atoms with van der Waals surface area (Å²) in [4.78, 5) is 12.2. The minimum absolute atomic E-state index is 0.0211. The SMILES string of the molecule is CC(=O)C1CCC2(O)C3CC=C4CC(O)CCC4(C)C3C(O)C(O)C12C. The van der Waals surface area contributed by atoms with Crippen molar-refractivity contribution in [3.05, 3.63) is 11.6 Å². The number of aliphatic hydroxyl groups excluding tert-OH is 3. The molecule has 4 aliphatic carbocycles. The van der Waals surface area contributed by atoms with Gasteiger partial charge in [0.2, 0.25) is 0 Å². The van der Waals surface area contributed by atoms with Gasteiger partial charge in [-0.15, -0.1) is 0 Å². The van der Waals surface area contributed by atoms with Gasteiger partial charge >= 0.3 is 0 Å². The Kier molecular flexibility index (Phi) is 4.03. The van der Waals surface area contributed by atoms with E-state index >= 15 is 0 Å². The summed E-state index contributed by atoms with van der Waals surface area (Å²) in [6.45, 7) is 5.43. The van der Waals surface area contributed by atoms with Gasteiger partial charge in [0.1, 0.15) is 5.78 Å². The molecular weight excluding hydrogens is 332 g/mol. The zero-order valence-electron chi connectivity index (χ0n) is 16.0. The van der Waals surface area contributed by atoms with Crippen molar-refractivity contribution >= 4 is 5.78 Å². The third-order valence-corrected chi connectivity index (χ3v) is 8.85. The number of ketones is 1. The predicted molar refractivity (Wildman–Crippen MR) is 96.1 cm³/mol. The van der Waals surface area contributed by atoms with Gasteiger partial charge in [-0.3, -0.25) is 4.79 Å². The number of fused-ring (bicyclic) bond motifs is 5. The van der Waals surface area contributed by atoms with Crippen molar-refractivity contribution in [3.8, 4) is 0 Å². The van der Waals surface area contributed by atoms with Crippen LogP contribution >= 0.6 is 0 Å². The molecule has 5 heteroatoms. The minimum Gasteiger partial charge on any atom is -0.393 e. The predicted octanol–water partition coefficient (Wildman–Crippen LogP) is 1.57. The molecule has 0 aromatic heterocycles. The van der Waals surface area contributed by atoms with Gasteiger partial charge in [0, 0.05) is 17.3 Å². The highest BCUT2D eigenvalue weighted by Crippen LogP contribution is 2.67. The molecule has 5 nitrogen and oxygen atoms in total. The second-order valence-corrected chi connectivity index (χ2v) is 9.76. The van der Waals surface area contributed by atoms with Gasteiger partial charge in [0.25, 0.3) is 0 Å². The second kappa shape index (κ2) is 5.63. The lowest BCUT2D eigenvalue weighted by atomic mass is 9.44. The van der Waals surface area contributed by atoms with Crippen LogP contribution in [0.2, 0.25) is 0 Å². The van der Waals surface area contributed by atoms with Crippen LogP contribution in [-0.2, 0) is 4.79 Å². The third-order valence-electron chi connectivity index (χ3n) is 8.85. The van der Waals surface area contributed by atoms with Gasteiger partial charge in [0.05, 0.1) is 23.9 Å². The number of hydrogen-bond donors (Lipinski definition) is 4. The highest BCUT2D eigenvalue weighted by Gasteiger charge is 2.72. The first-order valence-electron chi connectivity index (χ1n) is 10.0. The Morgan fingerprint density at radius 2 is 1.85 bits per heavy atom.